The van der Waals surface area contributed by atoms with Crippen molar-refractivity contribution in [1.82, 2.24) is 20.0 Å². The monoisotopic (exact) mass is 509 g/mol. The third kappa shape index (κ3) is 6.19. The molecular formula is C25H34ClF2N5O2. The molecule has 1 aromatic heterocycles. The van der Waals surface area contributed by atoms with Crippen LogP contribution < -0.4 is 11.1 Å². The maximum Gasteiger partial charge on any atom is 0.252 e. The lowest BCUT2D eigenvalue weighted by Crippen LogP contribution is -2.46. The number of aromatic nitrogens is 2. The third-order valence-corrected chi connectivity index (χ3v) is 7.64. The van der Waals surface area contributed by atoms with Gasteiger partial charge in [0.05, 0.1) is 24.3 Å². The van der Waals surface area contributed by atoms with Crippen LogP contribution in [0.5, 0.6) is 0 Å². The van der Waals surface area contributed by atoms with Crippen LogP contribution in [0.2, 0.25) is 5.02 Å². The maximum atomic E-state index is 12.8. The minimum atomic E-state index is -2.40. The summed E-state index contributed by atoms with van der Waals surface area (Å²) in [5, 5.41) is 8.36. The Kier molecular flexibility index (Phi) is 8.21. The van der Waals surface area contributed by atoms with Crippen LogP contribution in [0, 0.1) is 12.8 Å². The Balaban J connectivity index is 0.000000225. The van der Waals surface area contributed by atoms with Crippen molar-refractivity contribution in [3.8, 4) is 11.3 Å². The highest BCUT2D eigenvalue weighted by atomic mass is 35.5. The Hall–Kier alpha value is -2.52. The first-order valence-corrected chi connectivity index (χ1v) is 12.2. The zero-order chi connectivity index (χ0) is 26.0. The van der Waals surface area contributed by atoms with Gasteiger partial charge < -0.3 is 16.0 Å². The minimum absolute atomic E-state index is 0.00347. The number of primary amides is 1. The van der Waals surface area contributed by atoms with E-state index in [0.717, 1.165) is 17.5 Å². The molecule has 1 saturated carbocycles. The quantitative estimate of drug-likeness (QED) is 0.584. The number of rotatable bonds is 5. The number of hydrogen-bond acceptors (Lipinski definition) is 4. The number of amides is 2. The Morgan fingerprint density at radius 2 is 1.94 bits per heavy atom. The SMILES string of the molecule is CNC(C)(C)C1CCC(F)(F)CC1.Cc1cc(-c2nn3c(c2C(N)=O)CN(C=O)CC3)ccc1Cl. The fraction of sp³-hybridized carbons (Fsp3) is 0.560. The predicted octanol–water partition coefficient (Wildman–Crippen LogP) is 4.39. The second kappa shape index (κ2) is 10.6. The first kappa shape index (κ1) is 27.1. The van der Waals surface area contributed by atoms with Gasteiger partial charge >= 0.3 is 0 Å². The maximum absolute atomic E-state index is 12.8. The Bertz CT molecular complexity index is 1080. The number of nitrogens with two attached hydrogens (primary N) is 1. The van der Waals surface area contributed by atoms with Crippen molar-refractivity contribution in [2.75, 3.05) is 13.6 Å². The van der Waals surface area contributed by atoms with Crippen LogP contribution in [0.3, 0.4) is 0 Å². The summed E-state index contributed by atoms with van der Waals surface area (Å²) in [6, 6.07) is 5.46. The van der Waals surface area contributed by atoms with Crippen LogP contribution in [0.1, 0.15) is 61.1 Å². The molecule has 10 heteroatoms. The number of nitrogens with one attached hydrogen (secondary N) is 1. The number of halogens is 3. The molecule has 7 nitrogen and oxygen atoms in total. The van der Waals surface area contributed by atoms with Gasteiger partial charge in [-0.1, -0.05) is 17.7 Å². The molecule has 2 heterocycles. The molecule has 1 aromatic carbocycles. The van der Waals surface area contributed by atoms with E-state index in [1.807, 2.05) is 26.1 Å². The van der Waals surface area contributed by atoms with Gasteiger partial charge in [-0.25, -0.2) is 8.78 Å². The van der Waals surface area contributed by atoms with E-state index in [2.05, 4.69) is 24.3 Å². The molecule has 192 valence electrons. The van der Waals surface area contributed by atoms with Gasteiger partial charge in [0.2, 0.25) is 12.3 Å². The van der Waals surface area contributed by atoms with Crippen LogP contribution in [-0.4, -0.2) is 52.1 Å². The predicted molar refractivity (Wildman–Crippen MR) is 132 cm³/mol. The Labute approximate surface area is 210 Å². The van der Waals surface area contributed by atoms with E-state index in [1.165, 1.54) is 0 Å². The summed E-state index contributed by atoms with van der Waals surface area (Å²) in [7, 11) is 1.90. The lowest BCUT2D eigenvalue weighted by atomic mass is 9.75. The number of alkyl halides is 2. The molecule has 2 aromatic rings. The molecule has 0 bridgehead atoms. The average Bonchev–Trinajstić information content (AvgIpc) is 3.20. The van der Waals surface area contributed by atoms with Crippen molar-refractivity contribution in [2.24, 2.45) is 11.7 Å². The second-order valence-corrected chi connectivity index (χ2v) is 10.3. The summed E-state index contributed by atoms with van der Waals surface area (Å²) in [6.45, 7) is 7.50. The topological polar surface area (TPSA) is 93.2 Å². The number of carbonyl (C=O) groups is 2. The summed E-state index contributed by atoms with van der Waals surface area (Å²) in [6.07, 6.45) is 2.17. The largest absolute Gasteiger partial charge is 0.365 e. The van der Waals surface area contributed by atoms with Crippen molar-refractivity contribution >= 4 is 23.9 Å². The third-order valence-electron chi connectivity index (χ3n) is 7.22. The van der Waals surface area contributed by atoms with Crippen molar-refractivity contribution < 1.29 is 18.4 Å². The summed E-state index contributed by atoms with van der Waals surface area (Å²) < 4.78 is 27.4. The number of benzene rings is 1. The number of aryl methyl sites for hydroxylation is 1. The smallest absolute Gasteiger partial charge is 0.252 e. The van der Waals surface area contributed by atoms with E-state index in [0.29, 0.717) is 60.4 Å². The van der Waals surface area contributed by atoms with Crippen LogP contribution >= 0.6 is 11.6 Å². The van der Waals surface area contributed by atoms with E-state index < -0.39 is 11.8 Å². The second-order valence-electron chi connectivity index (χ2n) is 9.90. The molecule has 0 saturated heterocycles. The van der Waals surface area contributed by atoms with E-state index in [9.17, 15) is 18.4 Å². The van der Waals surface area contributed by atoms with E-state index in [4.69, 9.17) is 17.3 Å². The fourth-order valence-electron chi connectivity index (χ4n) is 4.65. The highest BCUT2D eigenvalue weighted by Crippen LogP contribution is 2.40. The Morgan fingerprint density at radius 3 is 2.49 bits per heavy atom. The normalized spacial score (nSPS) is 17.9. The van der Waals surface area contributed by atoms with Crippen molar-refractivity contribution in [3.05, 3.63) is 40.0 Å². The summed E-state index contributed by atoms with van der Waals surface area (Å²) in [4.78, 5) is 24.5. The van der Waals surface area contributed by atoms with Crippen LogP contribution in [-0.2, 0) is 17.9 Å². The van der Waals surface area contributed by atoms with Crippen LogP contribution in [0.15, 0.2) is 18.2 Å². The van der Waals surface area contributed by atoms with Crippen LogP contribution in [0.25, 0.3) is 11.3 Å². The van der Waals surface area contributed by atoms with Gasteiger partial charge in [0, 0.05) is 35.5 Å². The van der Waals surface area contributed by atoms with Crippen molar-refractivity contribution in [1.29, 1.82) is 0 Å². The summed E-state index contributed by atoms with van der Waals surface area (Å²) in [5.74, 6) is -2.56. The Morgan fingerprint density at radius 1 is 1.29 bits per heavy atom. The number of nitrogens with zero attached hydrogens (tertiary/aromatic N) is 3. The molecule has 2 aliphatic rings. The molecule has 4 rings (SSSR count). The summed E-state index contributed by atoms with van der Waals surface area (Å²) >= 11 is 6.05. The van der Waals surface area contributed by atoms with E-state index >= 15 is 0 Å². The van der Waals surface area contributed by atoms with Gasteiger partial charge in [0.15, 0.2) is 0 Å². The van der Waals surface area contributed by atoms with Crippen molar-refractivity contribution in [3.63, 3.8) is 0 Å². The molecule has 1 aliphatic heterocycles. The zero-order valence-electron chi connectivity index (χ0n) is 20.7. The van der Waals surface area contributed by atoms with Crippen LogP contribution in [0.4, 0.5) is 8.78 Å². The number of carbonyl (C=O) groups excluding carboxylic acids is 2. The molecule has 0 atom stereocenters. The standard InChI is InChI=1S/C15H15ClN4O2.C10H19F2N/c1-9-6-10(2-3-11(9)16)14-13(15(17)22)12-7-19(8-21)4-5-20(12)18-14;1-9(2,13-3)8-4-6-10(11,12)7-5-8/h2-3,6,8H,4-5,7H2,1H3,(H2,17,22);8,13H,4-7H2,1-3H3. The number of hydrogen-bond donors (Lipinski definition) is 2. The van der Waals surface area contributed by atoms with Gasteiger partial charge in [-0.05, 0) is 64.3 Å². The van der Waals surface area contributed by atoms with Gasteiger partial charge in [-0.15, -0.1) is 0 Å². The van der Waals surface area contributed by atoms with Gasteiger partial charge in [-0.3, -0.25) is 14.3 Å². The first-order valence-electron chi connectivity index (χ1n) is 11.8. The number of fused-ring (bicyclic) bond motifs is 1. The highest BCUT2D eigenvalue weighted by Gasteiger charge is 2.39. The van der Waals surface area contributed by atoms with E-state index in [-0.39, 0.29) is 18.4 Å². The summed E-state index contributed by atoms with van der Waals surface area (Å²) in [5.41, 5.74) is 8.81. The van der Waals surface area contributed by atoms with E-state index in [1.54, 1.807) is 15.6 Å². The molecule has 35 heavy (non-hydrogen) atoms. The lowest BCUT2D eigenvalue weighted by Gasteiger charge is -2.39. The molecule has 0 radical (unpaired) electrons. The van der Waals surface area contributed by atoms with Gasteiger partial charge in [0.1, 0.15) is 5.69 Å². The van der Waals surface area contributed by atoms with Crippen molar-refractivity contribution in [2.45, 2.75) is 71.0 Å². The zero-order valence-corrected chi connectivity index (χ0v) is 21.5. The molecule has 2 amide bonds. The first-order chi connectivity index (χ1) is 16.4. The lowest BCUT2D eigenvalue weighted by molar-refractivity contribution is -0.119. The molecule has 0 spiro atoms. The molecule has 0 unspecified atom stereocenters. The highest BCUT2D eigenvalue weighted by molar-refractivity contribution is 6.31. The van der Waals surface area contributed by atoms with Gasteiger partial charge in [-0.2, -0.15) is 5.10 Å². The fourth-order valence-corrected chi connectivity index (χ4v) is 4.76. The molecule has 3 N–H and O–H groups in total. The molecule has 1 aliphatic carbocycles. The minimum Gasteiger partial charge on any atom is -0.365 e. The van der Waals surface area contributed by atoms with Gasteiger partial charge in [0.25, 0.3) is 5.91 Å². The molecule has 1 fully saturated rings. The average molecular weight is 510 g/mol. The molecular weight excluding hydrogens is 476 g/mol.